The van der Waals surface area contributed by atoms with E-state index in [9.17, 15) is 9.59 Å². The topological polar surface area (TPSA) is 58.6 Å². The fourth-order valence-electron chi connectivity index (χ4n) is 4.06. The summed E-state index contributed by atoms with van der Waals surface area (Å²) in [5.41, 5.74) is 2.81. The van der Waals surface area contributed by atoms with Crippen LogP contribution in [-0.2, 0) is 22.6 Å². The SMILES string of the molecule is Cc1cc(OCC(=O)N(Cc2ccc(Cl)cc2Cl)[C@@H](Cc2ccccc2)C(=O)NC(C)(C)C)cc(C)c1Cl. The molecule has 3 aromatic rings. The van der Waals surface area contributed by atoms with Crippen LogP contribution >= 0.6 is 34.8 Å². The molecule has 0 spiro atoms. The zero-order valence-electron chi connectivity index (χ0n) is 22.3. The minimum Gasteiger partial charge on any atom is -0.484 e. The molecule has 202 valence electrons. The third-order valence-corrected chi connectivity index (χ3v) is 7.08. The van der Waals surface area contributed by atoms with Crippen molar-refractivity contribution in [2.45, 2.75) is 59.2 Å². The van der Waals surface area contributed by atoms with Crippen LogP contribution in [0.5, 0.6) is 5.75 Å². The molecule has 1 atom stereocenters. The number of nitrogens with zero attached hydrogens (tertiary/aromatic N) is 1. The number of ether oxygens (including phenoxy) is 1. The van der Waals surface area contributed by atoms with Crippen LogP contribution in [0.3, 0.4) is 0 Å². The van der Waals surface area contributed by atoms with Gasteiger partial charge in [0.15, 0.2) is 6.61 Å². The predicted molar refractivity (Wildman–Crippen MR) is 155 cm³/mol. The van der Waals surface area contributed by atoms with Crippen LogP contribution < -0.4 is 10.1 Å². The normalized spacial score (nSPS) is 12.1. The maximum Gasteiger partial charge on any atom is 0.261 e. The van der Waals surface area contributed by atoms with Crippen LogP contribution in [-0.4, -0.2) is 34.9 Å². The number of carbonyl (C=O) groups is 2. The first-order chi connectivity index (χ1) is 17.8. The van der Waals surface area contributed by atoms with E-state index >= 15 is 0 Å². The highest BCUT2D eigenvalue weighted by atomic mass is 35.5. The minimum atomic E-state index is -0.812. The van der Waals surface area contributed by atoms with E-state index < -0.39 is 11.6 Å². The molecule has 0 unspecified atom stereocenters. The fourth-order valence-corrected chi connectivity index (χ4v) is 4.64. The van der Waals surface area contributed by atoms with Crippen molar-refractivity contribution in [2.75, 3.05) is 6.61 Å². The summed E-state index contributed by atoms with van der Waals surface area (Å²) in [5.74, 6) is -0.0924. The second-order valence-corrected chi connectivity index (χ2v) is 11.6. The lowest BCUT2D eigenvalue weighted by Gasteiger charge is -2.34. The van der Waals surface area contributed by atoms with Crippen molar-refractivity contribution >= 4 is 46.6 Å². The largest absolute Gasteiger partial charge is 0.484 e. The molecule has 0 aliphatic rings. The highest BCUT2D eigenvalue weighted by Gasteiger charge is 2.33. The summed E-state index contributed by atoms with van der Waals surface area (Å²) in [7, 11) is 0. The summed E-state index contributed by atoms with van der Waals surface area (Å²) < 4.78 is 5.90. The van der Waals surface area contributed by atoms with Gasteiger partial charge in [0.2, 0.25) is 5.91 Å². The number of aryl methyl sites for hydroxylation is 2. The Hall–Kier alpha value is -2.73. The predicted octanol–water partition coefficient (Wildman–Crippen LogP) is 7.20. The van der Waals surface area contributed by atoms with Crippen LogP contribution in [0.25, 0.3) is 0 Å². The van der Waals surface area contributed by atoms with Gasteiger partial charge in [-0.3, -0.25) is 9.59 Å². The van der Waals surface area contributed by atoms with Crippen LogP contribution in [0.15, 0.2) is 60.7 Å². The molecule has 3 rings (SSSR count). The number of halogens is 3. The minimum absolute atomic E-state index is 0.103. The number of nitrogens with one attached hydrogen (secondary N) is 1. The van der Waals surface area contributed by atoms with Gasteiger partial charge in [-0.05, 0) is 81.1 Å². The number of benzene rings is 3. The van der Waals surface area contributed by atoms with Crippen molar-refractivity contribution < 1.29 is 14.3 Å². The van der Waals surface area contributed by atoms with Gasteiger partial charge in [0.25, 0.3) is 5.91 Å². The van der Waals surface area contributed by atoms with E-state index in [1.807, 2.05) is 65.0 Å². The smallest absolute Gasteiger partial charge is 0.261 e. The molecule has 0 radical (unpaired) electrons. The number of hydrogen-bond donors (Lipinski definition) is 1. The lowest BCUT2D eigenvalue weighted by Crippen LogP contribution is -2.55. The lowest BCUT2D eigenvalue weighted by atomic mass is 10.0. The van der Waals surface area contributed by atoms with Gasteiger partial charge < -0.3 is 15.0 Å². The van der Waals surface area contributed by atoms with Gasteiger partial charge in [0.1, 0.15) is 11.8 Å². The molecule has 2 amide bonds. The molecular weight excluding hydrogens is 543 g/mol. The Morgan fingerprint density at radius 2 is 1.58 bits per heavy atom. The first-order valence-electron chi connectivity index (χ1n) is 12.3. The van der Waals surface area contributed by atoms with Gasteiger partial charge >= 0.3 is 0 Å². The Morgan fingerprint density at radius 1 is 0.947 bits per heavy atom. The molecule has 0 heterocycles. The molecule has 5 nitrogen and oxygen atoms in total. The Morgan fingerprint density at radius 3 is 2.16 bits per heavy atom. The van der Waals surface area contributed by atoms with Gasteiger partial charge in [-0.25, -0.2) is 0 Å². The monoisotopic (exact) mass is 574 g/mol. The zero-order valence-corrected chi connectivity index (χ0v) is 24.5. The average Bonchev–Trinajstić information content (AvgIpc) is 2.83. The van der Waals surface area contributed by atoms with E-state index in [0.717, 1.165) is 16.7 Å². The van der Waals surface area contributed by atoms with Gasteiger partial charge in [-0.1, -0.05) is 71.2 Å². The highest BCUT2D eigenvalue weighted by Crippen LogP contribution is 2.27. The molecule has 0 aromatic heterocycles. The highest BCUT2D eigenvalue weighted by molar-refractivity contribution is 6.35. The number of rotatable bonds is 9. The van der Waals surface area contributed by atoms with Crippen molar-refractivity contribution in [1.29, 1.82) is 0 Å². The summed E-state index contributed by atoms with van der Waals surface area (Å²) in [4.78, 5) is 28.9. The van der Waals surface area contributed by atoms with Crippen molar-refractivity contribution in [2.24, 2.45) is 0 Å². The van der Waals surface area contributed by atoms with Crippen LogP contribution in [0.2, 0.25) is 15.1 Å². The van der Waals surface area contributed by atoms with Crippen molar-refractivity contribution in [3.8, 4) is 5.75 Å². The first-order valence-corrected chi connectivity index (χ1v) is 13.5. The molecule has 0 aliphatic heterocycles. The number of hydrogen-bond acceptors (Lipinski definition) is 3. The van der Waals surface area contributed by atoms with E-state index in [4.69, 9.17) is 39.5 Å². The molecule has 0 saturated carbocycles. The van der Waals surface area contributed by atoms with Gasteiger partial charge in [-0.15, -0.1) is 0 Å². The van der Waals surface area contributed by atoms with E-state index in [-0.39, 0.29) is 25.0 Å². The summed E-state index contributed by atoms with van der Waals surface area (Å²) >= 11 is 18.9. The number of carbonyl (C=O) groups excluding carboxylic acids is 2. The third kappa shape index (κ3) is 8.39. The van der Waals surface area contributed by atoms with Gasteiger partial charge in [0, 0.05) is 33.6 Å². The molecule has 8 heteroatoms. The van der Waals surface area contributed by atoms with Crippen molar-refractivity contribution in [3.63, 3.8) is 0 Å². The van der Waals surface area contributed by atoms with Crippen molar-refractivity contribution in [1.82, 2.24) is 10.2 Å². The van der Waals surface area contributed by atoms with Crippen LogP contribution in [0.1, 0.15) is 43.0 Å². The Labute approximate surface area is 240 Å². The molecule has 0 fully saturated rings. The van der Waals surface area contributed by atoms with Crippen molar-refractivity contribution in [3.05, 3.63) is 98.0 Å². The van der Waals surface area contributed by atoms with E-state index in [0.29, 0.717) is 32.8 Å². The quantitative estimate of drug-likeness (QED) is 0.294. The maximum absolute atomic E-state index is 13.8. The summed E-state index contributed by atoms with van der Waals surface area (Å²) in [6.07, 6.45) is 0.318. The third-order valence-electron chi connectivity index (χ3n) is 5.90. The van der Waals surface area contributed by atoms with Gasteiger partial charge in [0.05, 0.1) is 0 Å². The Kier molecular flexibility index (Phi) is 10.1. The fraction of sp³-hybridized carbons (Fsp3) is 0.333. The molecule has 0 aliphatic carbocycles. The molecular formula is C30H33Cl3N2O3. The van der Waals surface area contributed by atoms with Crippen LogP contribution in [0, 0.1) is 13.8 Å². The molecule has 0 saturated heterocycles. The Balaban J connectivity index is 1.97. The Bertz CT molecular complexity index is 1270. The summed E-state index contributed by atoms with van der Waals surface area (Å²) in [5, 5.41) is 4.59. The standard InChI is InChI=1S/C30H33Cl3N2O3/c1-19-13-24(14-20(2)28(19)33)38-18-27(36)35(17-22-11-12-23(31)16-25(22)32)26(29(37)34-30(3,4)5)15-21-9-7-6-8-10-21/h6-14,16,26H,15,17-18H2,1-5H3,(H,34,37)/t26-/m0/s1. The second kappa shape index (κ2) is 12.9. The van der Waals surface area contributed by atoms with E-state index in [1.165, 1.54) is 4.90 Å². The first kappa shape index (κ1) is 29.8. The second-order valence-electron chi connectivity index (χ2n) is 10.4. The molecule has 1 N–H and O–H groups in total. The maximum atomic E-state index is 13.8. The van der Waals surface area contributed by atoms with Gasteiger partial charge in [-0.2, -0.15) is 0 Å². The number of amides is 2. The molecule has 38 heavy (non-hydrogen) atoms. The lowest BCUT2D eigenvalue weighted by molar-refractivity contribution is -0.143. The van der Waals surface area contributed by atoms with E-state index in [2.05, 4.69) is 5.32 Å². The summed E-state index contributed by atoms with van der Waals surface area (Å²) in [6.45, 7) is 9.31. The van der Waals surface area contributed by atoms with Crippen LogP contribution in [0.4, 0.5) is 0 Å². The average molecular weight is 576 g/mol. The zero-order chi connectivity index (χ0) is 28.0. The summed E-state index contributed by atoms with van der Waals surface area (Å²) in [6, 6.07) is 17.5. The molecule has 3 aromatic carbocycles. The molecule has 0 bridgehead atoms. The van der Waals surface area contributed by atoms with E-state index in [1.54, 1.807) is 30.3 Å².